The highest BCUT2D eigenvalue weighted by Gasteiger charge is 2.50. The molecule has 1 N–H and O–H groups in total. The van der Waals surface area contributed by atoms with Crippen molar-refractivity contribution in [2.75, 3.05) is 11.4 Å². The Hall–Kier alpha value is -2.24. The molecule has 1 aliphatic rings. The fourth-order valence-electron chi connectivity index (χ4n) is 3.49. The van der Waals surface area contributed by atoms with Crippen molar-refractivity contribution in [1.29, 1.82) is 0 Å². The van der Waals surface area contributed by atoms with Crippen LogP contribution in [-0.2, 0) is 15.8 Å². The molecule has 1 aliphatic heterocycles. The van der Waals surface area contributed by atoms with Crippen molar-refractivity contribution in [1.82, 2.24) is 0 Å². The molecule has 0 saturated carbocycles. The fraction of sp³-hybridized carbons (Fsp3) is 0.304. The second-order valence-electron chi connectivity index (χ2n) is 8.15. The van der Waals surface area contributed by atoms with Crippen molar-refractivity contribution in [2.24, 2.45) is 0 Å². The van der Waals surface area contributed by atoms with E-state index in [4.69, 9.17) is 0 Å². The highest BCUT2D eigenvalue weighted by atomic mass is 79.9. The molecular formula is C23H24BrNO3. The standard InChI is InChI=1S/C23H24BrNO3/c1-5-12-25-19-11-10-17(24)13-18(19)23(28,21(25)27)14-20(26)15-6-8-16(9-7-15)22(2,3)4/h5-11,13,28H,1,12,14H2,2-4H3. The highest BCUT2D eigenvalue weighted by Crippen LogP contribution is 2.44. The van der Waals surface area contributed by atoms with Gasteiger partial charge in [-0.2, -0.15) is 0 Å². The predicted molar refractivity (Wildman–Crippen MR) is 115 cm³/mol. The molecule has 5 heteroatoms. The molecule has 28 heavy (non-hydrogen) atoms. The lowest BCUT2D eigenvalue weighted by Gasteiger charge is -2.23. The van der Waals surface area contributed by atoms with E-state index in [2.05, 4.69) is 43.3 Å². The number of fused-ring (bicyclic) bond motifs is 1. The van der Waals surface area contributed by atoms with Gasteiger partial charge in [-0.25, -0.2) is 0 Å². The number of benzene rings is 2. The average molecular weight is 442 g/mol. The molecule has 1 unspecified atom stereocenters. The second kappa shape index (κ2) is 7.30. The lowest BCUT2D eigenvalue weighted by Crippen LogP contribution is -2.41. The predicted octanol–water partition coefficient (Wildman–Crippen LogP) is 4.74. The Morgan fingerprint density at radius 2 is 1.86 bits per heavy atom. The summed E-state index contributed by atoms with van der Waals surface area (Å²) in [4.78, 5) is 27.4. The number of Topliss-reactive ketones (excluding diaryl/α,β-unsaturated/α-hetero) is 1. The summed E-state index contributed by atoms with van der Waals surface area (Å²) >= 11 is 3.39. The van der Waals surface area contributed by atoms with Crippen LogP contribution in [0, 0.1) is 0 Å². The maximum Gasteiger partial charge on any atom is 0.264 e. The van der Waals surface area contributed by atoms with Gasteiger partial charge in [0.25, 0.3) is 5.91 Å². The van der Waals surface area contributed by atoms with Crippen molar-refractivity contribution < 1.29 is 14.7 Å². The maximum atomic E-state index is 13.0. The van der Waals surface area contributed by atoms with Gasteiger partial charge in [-0.3, -0.25) is 9.59 Å². The smallest absolute Gasteiger partial charge is 0.264 e. The topological polar surface area (TPSA) is 57.6 Å². The lowest BCUT2D eigenvalue weighted by molar-refractivity contribution is -0.135. The summed E-state index contributed by atoms with van der Waals surface area (Å²) < 4.78 is 0.736. The summed E-state index contributed by atoms with van der Waals surface area (Å²) in [6, 6.07) is 12.6. The number of hydrogen-bond acceptors (Lipinski definition) is 3. The minimum absolute atomic E-state index is 0.0163. The van der Waals surface area contributed by atoms with Gasteiger partial charge in [0, 0.05) is 22.1 Å². The minimum atomic E-state index is -1.89. The van der Waals surface area contributed by atoms with Crippen LogP contribution >= 0.6 is 15.9 Å². The van der Waals surface area contributed by atoms with Crippen molar-refractivity contribution in [3.63, 3.8) is 0 Å². The van der Waals surface area contributed by atoms with Crippen LogP contribution in [0.1, 0.15) is 48.7 Å². The Morgan fingerprint density at radius 3 is 2.43 bits per heavy atom. The second-order valence-corrected chi connectivity index (χ2v) is 9.07. The Kier molecular flexibility index (Phi) is 5.34. The molecule has 1 amide bonds. The van der Waals surface area contributed by atoms with E-state index in [1.807, 2.05) is 12.1 Å². The third-order valence-electron chi connectivity index (χ3n) is 5.09. The quantitative estimate of drug-likeness (QED) is 0.538. The summed E-state index contributed by atoms with van der Waals surface area (Å²) in [5.41, 5.74) is 0.735. The van der Waals surface area contributed by atoms with Crippen molar-refractivity contribution >= 4 is 33.3 Å². The van der Waals surface area contributed by atoms with Crippen LogP contribution in [0.25, 0.3) is 0 Å². The third-order valence-corrected chi connectivity index (χ3v) is 5.59. The lowest BCUT2D eigenvalue weighted by atomic mass is 9.85. The van der Waals surface area contributed by atoms with Crippen LogP contribution in [-0.4, -0.2) is 23.3 Å². The molecular weight excluding hydrogens is 418 g/mol. The van der Waals surface area contributed by atoms with Crippen LogP contribution < -0.4 is 4.90 Å². The molecule has 0 fully saturated rings. The van der Waals surface area contributed by atoms with Crippen molar-refractivity contribution in [2.45, 2.75) is 38.2 Å². The monoisotopic (exact) mass is 441 g/mol. The first-order valence-electron chi connectivity index (χ1n) is 9.17. The van der Waals surface area contributed by atoms with Gasteiger partial charge in [0.05, 0.1) is 12.1 Å². The number of carbonyl (C=O) groups excluding carboxylic acids is 2. The van der Waals surface area contributed by atoms with Crippen LogP contribution in [0.4, 0.5) is 5.69 Å². The highest BCUT2D eigenvalue weighted by molar-refractivity contribution is 9.10. The number of rotatable bonds is 5. The van der Waals surface area contributed by atoms with Crippen LogP contribution in [0.3, 0.4) is 0 Å². The molecule has 4 nitrogen and oxygen atoms in total. The first-order chi connectivity index (χ1) is 13.1. The van der Waals surface area contributed by atoms with Crippen molar-refractivity contribution in [3.05, 3.63) is 76.3 Å². The van der Waals surface area contributed by atoms with Crippen LogP contribution in [0.5, 0.6) is 0 Å². The van der Waals surface area contributed by atoms with Gasteiger partial charge >= 0.3 is 0 Å². The zero-order valence-corrected chi connectivity index (χ0v) is 17.9. The molecule has 2 aromatic carbocycles. The van der Waals surface area contributed by atoms with Gasteiger partial charge in [-0.1, -0.05) is 67.0 Å². The van der Waals surface area contributed by atoms with E-state index < -0.39 is 11.5 Å². The molecule has 1 atom stereocenters. The van der Waals surface area contributed by atoms with Crippen LogP contribution in [0.15, 0.2) is 59.6 Å². The van der Waals surface area contributed by atoms with Gasteiger partial charge in [-0.15, -0.1) is 6.58 Å². The van der Waals surface area contributed by atoms with E-state index in [1.54, 1.807) is 36.4 Å². The maximum absolute atomic E-state index is 13.0. The van der Waals surface area contributed by atoms with Gasteiger partial charge in [0.1, 0.15) is 0 Å². The number of amides is 1. The normalized spacial score (nSPS) is 18.9. The van der Waals surface area contributed by atoms with E-state index in [0.717, 1.165) is 10.0 Å². The van der Waals surface area contributed by atoms with E-state index in [1.165, 1.54) is 4.90 Å². The van der Waals surface area contributed by atoms with E-state index in [0.29, 0.717) is 16.8 Å². The molecule has 0 aliphatic carbocycles. The molecule has 0 aromatic heterocycles. The fourth-order valence-corrected chi connectivity index (χ4v) is 3.86. The molecule has 0 spiro atoms. The summed E-state index contributed by atoms with van der Waals surface area (Å²) in [5.74, 6) is -0.775. The van der Waals surface area contributed by atoms with Gasteiger partial charge < -0.3 is 10.0 Å². The van der Waals surface area contributed by atoms with Gasteiger partial charge in [0.15, 0.2) is 11.4 Å². The van der Waals surface area contributed by atoms with Crippen molar-refractivity contribution in [3.8, 4) is 0 Å². The Balaban J connectivity index is 1.94. The first kappa shape index (κ1) is 20.5. The number of carbonyl (C=O) groups is 2. The van der Waals surface area contributed by atoms with Gasteiger partial charge in [0.2, 0.25) is 0 Å². The SMILES string of the molecule is C=CCN1C(=O)C(O)(CC(=O)c2ccc(C(C)(C)C)cc2)c2cc(Br)ccc21. The Morgan fingerprint density at radius 1 is 1.21 bits per heavy atom. The minimum Gasteiger partial charge on any atom is -0.375 e. The first-order valence-corrected chi connectivity index (χ1v) is 9.96. The number of halogens is 1. The summed E-state index contributed by atoms with van der Waals surface area (Å²) in [6.45, 7) is 10.3. The molecule has 146 valence electrons. The zero-order chi connectivity index (χ0) is 20.7. The van der Waals surface area contributed by atoms with E-state index in [9.17, 15) is 14.7 Å². The Bertz CT molecular complexity index is 943. The largest absolute Gasteiger partial charge is 0.375 e. The third kappa shape index (κ3) is 3.56. The van der Waals surface area contributed by atoms with Gasteiger partial charge in [-0.05, 0) is 29.2 Å². The van der Waals surface area contributed by atoms with Crippen LogP contribution in [0.2, 0.25) is 0 Å². The molecule has 2 aromatic rings. The Labute approximate surface area is 174 Å². The number of aliphatic hydroxyl groups is 1. The zero-order valence-electron chi connectivity index (χ0n) is 16.3. The molecule has 0 bridgehead atoms. The number of nitrogens with zero attached hydrogens (tertiary/aromatic N) is 1. The summed E-state index contributed by atoms with van der Waals surface area (Å²) in [7, 11) is 0. The summed E-state index contributed by atoms with van der Waals surface area (Å²) in [6.07, 6.45) is 1.29. The van der Waals surface area contributed by atoms with E-state index >= 15 is 0 Å². The number of hydrogen-bond donors (Lipinski definition) is 1. The summed E-state index contributed by atoms with van der Waals surface area (Å²) in [5, 5.41) is 11.3. The molecule has 1 heterocycles. The number of anilines is 1. The molecule has 3 rings (SSSR count). The number of ketones is 1. The van der Waals surface area contributed by atoms with E-state index in [-0.39, 0.29) is 24.2 Å². The average Bonchev–Trinajstić information content (AvgIpc) is 2.83. The molecule has 0 saturated heterocycles. The molecule has 0 radical (unpaired) electrons.